The van der Waals surface area contributed by atoms with Gasteiger partial charge in [-0.25, -0.2) is 29.7 Å². The van der Waals surface area contributed by atoms with Crippen LogP contribution in [-0.4, -0.2) is 83.3 Å². The average molecular weight is 630 g/mol. The average Bonchev–Trinajstić information content (AvgIpc) is 3.43. The third-order valence-corrected chi connectivity index (χ3v) is 7.93. The Kier molecular flexibility index (Phi) is 8.16. The molecule has 2 fully saturated rings. The maximum absolute atomic E-state index is 13.7. The molecule has 13 nitrogen and oxygen atoms in total. The lowest BCUT2D eigenvalue weighted by Crippen LogP contribution is -2.54. The molecule has 0 bridgehead atoms. The second-order valence-electron chi connectivity index (χ2n) is 10.4. The number of ether oxygens (including phenoxy) is 1. The summed E-state index contributed by atoms with van der Waals surface area (Å²) in [4.78, 5) is 42.4. The number of aromatic amines is 1. The Morgan fingerprint density at radius 2 is 1.77 bits per heavy atom. The molecule has 0 radical (unpaired) electrons. The van der Waals surface area contributed by atoms with Crippen molar-refractivity contribution in [1.82, 2.24) is 45.0 Å². The molecule has 1 aliphatic heterocycles. The molecule has 0 aromatic carbocycles. The van der Waals surface area contributed by atoms with Crippen LogP contribution >= 0.6 is 11.6 Å². The summed E-state index contributed by atoms with van der Waals surface area (Å²) in [5.41, 5.74) is -0.251. The van der Waals surface area contributed by atoms with Gasteiger partial charge >= 0.3 is 18.2 Å². The Balaban J connectivity index is 1.17. The van der Waals surface area contributed by atoms with Crippen LogP contribution in [-0.2, 0) is 6.18 Å². The summed E-state index contributed by atoms with van der Waals surface area (Å²) in [6.07, 6.45) is 7.00. The normalized spacial score (nSPS) is 18.4. The molecule has 44 heavy (non-hydrogen) atoms. The fourth-order valence-corrected chi connectivity index (χ4v) is 5.38. The van der Waals surface area contributed by atoms with E-state index in [0.29, 0.717) is 55.8 Å². The Morgan fingerprint density at radius 1 is 1.02 bits per heavy atom. The molecule has 2 N–H and O–H groups in total. The minimum Gasteiger partial charge on any atom is -0.467 e. The highest BCUT2D eigenvalue weighted by molar-refractivity contribution is 6.32. The highest BCUT2D eigenvalue weighted by Gasteiger charge is 2.38. The van der Waals surface area contributed by atoms with Gasteiger partial charge in [-0.3, -0.25) is 15.0 Å². The molecule has 230 valence electrons. The Hall–Kier alpha value is -4.60. The quantitative estimate of drug-likeness (QED) is 0.290. The van der Waals surface area contributed by atoms with Crippen LogP contribution in [0.1, 0.15) is 37.7 Å². The summed E-state index contributed by atoms with van der Waals surface area (Å²) < 4.78 is 46.0. The van der Waals surface area contributed by atoms with Gasteiger partial charge in [0.15, 0.2) is 5.82 Å². The van der Waals surface area contributed by atoms with Gasteiger partial charge in [0, 0.05) is 49.3 Å². The molecular formula is C27H27ClF3N11O2. The first-order valence-corrected chi connectivity index (χ1v) is 14.3. The number of methoxy groups -OCH3 is 1. The SMILES string of the molecule is COc1ncc(-c2cnc(N(C(=O)N3CCC3)C3CCC(Nc4ncc(C(F)(F)F)c(-c5[nH]ncc5Cl)n4)CC3)cn2)cn1. The van der Waals surface area contributed by atoms with Gasteiger partial charge in [-0.05, 0) is 32.1 Å². The van der Waals surface area contributed by atoms with Crippen molar-refractivity contribution >= 4 is 29.4 Å². The van der Waals surface area contributed by atoms with Crippen molar-refractivity contribution in [2.75, 3.05) is 30.4 Å². The smallest absolute Gasteiger partial charge is 0.420 e. The van der Waals surface area contributed by atoms with Gasteiger partial charge in [-0.15, -0.1) is 0 Å². The van der Waals surface area contributed by atoms with Gasteiger partial charge in [-0.1, -0.05) is 11.6 Å². The van der Waals surface area contributed by atoms with Gasteiger partial charge in [-0.2, -0.15) is 18.3 Å². The lowest BCUT2D eigenvalue weighted by Gasteiger charge is -2.41. The number of carbonyl (C=O) groups is 1. The molecule has 1 aliphatic carbocycles. The zero-order valence-electron chi connectivity index (χ0n) is 23.4. The molecule has 5 heterocycles. The molecule has 2 amide bonds. The molecule has 0 spiro atoms. The van der Waals surface area contributed by atoms with Crippen molar-refractivity contribution < 1.29 is 22.7 Å². The van der Waals surface area contributed by atoms with E-state index in [2.05, 4.69) is 45.4 Å². The highest BCUT2D eigenvalue weighted by Crippen LogP contribution is 2.38. The predicted octanol–water partition coefficient (Wildman–Crippen LogP) is 4.85. The summed E-state index contributed by atoms with van der Waals surface area (Å²) >= 11 is 6.05. The topological polar surface area (TPSA) is 151 Å². The first-order valence-electron chi connectivity index (χ1n) is 13.9. The van der Waals surface area contributed by atoms with Crippen LogP contribution in [0.2, 0.25) is 5.02 Å². The molecule has 4 aromatic heterocycles. The Labute approximate surface area is 254 Å². The summed E-state index contributed by atoms with van der Waals surface area (Å²) in [5.74, 6) is 0.475. The molecule has 6 rings (SSSR count). The summed E-state index contributed by atoms with van der Waals surface area (Å²) in [7, 11) is 1.48. The lowest BCUT2D eigenvalue weighted by atomic mass is 9.90. The molecule has 0 unspecified atom stereocenters. The minimum absolute atomic E-state index is 0.0149. The second kappa shape index (κ2) is 12.2. The molecule has 1 saturated carbocycles. The van der Waals surface area contributed by atoms with Crippen LogP contribution in [0.5, 0.6) is 6.01 Å². The number of halogens is 4. The number of H-pyrrole nitrogens is 1. The van der Waals surface area contributed by atoms with Gasteiger partial charge in [0.05, 0.1) is 36.4 Å². The van der Waals surface area contributed by atoms with E-state index < -0.39 is 11.7 Å². The number of hydrogen-bond acceptors (Lipinski definition) is 10. The van der Waals surface area contributed by atoms with Crippen LogP contribution in [0, 0.1) is 0 Å². The first kappa shape index (κ1) is 29.5. The van der Waals surface area contributed by atoms with Crippen molar-refractivity contribution in [3.05, 3.63) is 47.8 Å². The predicted molar refractivity (Wildman–Crippen MR) is 153 cm³/mol. The molecule has 4 aromatic rings. The molecular weight excluding hydrogens is 603 g/mol. The number of rotatable bonds is 7. The van der Waals surface area contributed by atoms with Gasteiger partial charge in [0.2, 0.25) is 5.95 Å². The summed E-state index contributed by atoms with van der Waals surface area (Å²) in [6.45, 7) is 1.35. The number of amides is 2. The van der Waals surface area contributed by atoms with Crippen LogP contribution < -0.4 is 15.0 Å². The fourth-order valence-electron chi connectivity index (χ4n) is 5.20. The number of alkyl halides is 3. The number of carbonyl (C=O) groups excluding carboxylic acids is 1. The standard InChI is InChI=1S/C27H27ClF3N11O2/c1-44-25-35-9-15(10-36-25)20-13-33-21(14-32-20)42(26(43)41-7-2-8-41)17-5-3-16(4-6-17)38-24-34-11-18(27(29,30)31)22(39-24)23-19(28)12-37-40-23/h9-14,16-17H,2-8H2,1H3,(H,37,40)(H,34,38,39). The third kappa shape index (κ3) is 6.06. The fraction of sp³-hybridized carbons (Fsp3) is 0.407. The summed E-state index contributed by atoms with van der Waals surface area (Å²) in [6, 6.07) is -0.173. The van der Waals surface area contributed by atoms with Crippen LogP contribution in [0.15, 0.2) is 37.2 Å². The molecule has 1 saturated heterocycles. The third-order valence-electron chi connectivity index (χ3n) is 7.64. The van der Waals surface area contributed by atoms with Crippen LogP contribution in [0.25, 0.3) is 22.6 Å². The monoisotopic (exact) mass is 629 g/mol. The molecule has 0 atom stereocenters. The van der Waals surface area contributed by atoms with Crippen molar-refractivity contribution in [1.29, 1.82) is 0 Å². The maximum Gasteiger partial charge on any atom is 0.420 e. The first-order chi connectivity index (χ1) is 21.2. The lowest BCUT2D eigenvalue weighted by molar-refractivity contribution is -0.137. The second-order valence-corrected chi connectivity index (χ2v) is 10.8. The number of nitrogens with one attached hydrogen (secondary N) is 2. The van der Waals surface area contributed by atoms with Crippen molar-refractivity contribution in [2.24, 2.45) is 0 Å². The Bertz CT molecular complexity index is 1610. The number of likely N-dealkylation sites (tertiary alicyclic amines) is 1. The zero-order valence-corrected chi connectivity index (χ0v) is 24.2. The zero-order chi connectivity index (χ0) is 30.8. The maximum atomic E-state index is 13.7. The van der Waals surface area contributed by atoms with E-state index in [-0.39, 0.29) is 46.5 Å². The van der Waals surface area contributed by atoms with Gasteiger partial charge in [0.1, 0.15) is 17.0 Å². The van der Waals surface area contributed by atoms with Gasteiger partial charge in [0.25, 0.3) is 0 Å². The number of urea groups is 1. The largest absolute Gasteiger partial charge is 0.467 e. The van der Waals surface area contributed by atoms with Crippen LogP contribution in [0.4, 0.5) is 29.7 Å². The van der Waals surface area contributed by atoms with E-state index in [1.165, 1.54) is 13.3 Å². The number of aromatic nitrogens is 8. The van der Waals surface area contributed by atoms with Crippen molar-refractivity contribution in [2.45, 2.75) is 50.4 Å². The van der Waals surface area contributed by atoms with Gasteiger partial charge < -0.3 is 15.0 Å². The number of anilines is 2. The molecule has 2 aliphatic rings. The van der Waals surface area contributed by atoms with Crippen LogP contribution in [0.3, 0.4) is 0 Å². The Morgan fingerprint density at radius 3 is 2.34 bits per heavy atom. The number of hydrogen-bond donors (Lipinski definition) is 2. The highest BCUT2D eigenvalue weighted by atomic mass is 35.5. The van der Waals surface area contributed by atoms with E-state index in [9.17, 15) is 18.0 Å². The number of nitrogens with zero attached hydrogens (tertiary/aromatic N) is 9. The minimum atomic E-state index is -4.68. The summed E-state index contributed by atoms with van der Waals surface area (Å²) in [5, 5.41) is 9.38. The molecule has 17 heteroatoms. The van der Waals surface area contributed by atoms with Crippen molar-refractivity contribution in [3.63, 3.8) is 0 Å². The van der Waals surface area contributed by atoms with E-state index in [4.69, 9.17) is 16.3 Å². The van der Waals surface area contributed by atoms with Crippen molar-refractivity contribution in [3.8, 4) is 28.7 Å². The van der Waals surface area contributed by atoms with E-state index in [1.54, 1.807) is 34.6 Å². The van der Waals surface area contributed by atoms with E-state index >= 15 is 0 Å². The van der Waals surface area contributed by atoms with E-state index in [0.717, 1.165) is 12.6 Å². The van der Waals surface area contributed by atoms with E-state index in [1.807, 2.05) is 0 Å².